The topological polar surface area (TPSA) is 128 Å². The third-order valence-corrected chi connectivity index (χ3v) is 5.81. The number of amides is 1. The fourth-order valence-electron chi connectivity index (χ4n) is 2.81. The van der Waals surface area contributed by atoms with E-state index in [2.05, 4.69) is 15.2 Å². The molecule has 0 aliphatic heterocycles. The van der Waals surface area contributed by atoms with Gasteiger partial charge in [0.2, 0.25) is 0 Å². The standard InChI is InChI=1S/C22H21N3O5S/c1-14-9-10-19(15(2)11-14)25-31(29,30)18-7-3-5-16(12-18)22(28)24-23-13-17-6-4-8-20(26)21(17)27/h3-13,25-27H,1-2H3,(H,24,28)/b23-13+. The Morgan fingerprint density at radius 1 is 1.00 bits per heavy atom. The molecule has 0 fully saturated rings. The van der Waals surface area contributed by atoms with Gasteiger partial charge in [-0.2, -0.15) is 5.10 Å². The first-order chi connectivity index (χ1) is 14.7. The maximum atomic E-state index is 12.8. The van der Waals surface area contributed by atoms with Gasteiger partial charge in [-0.3, -0.25) is 9.52 Å². The molecule has 0 aromatic heterocycles. The van der Waals surface area contributed by atoms with Crippen LogP contribution in [0.5, 0.6) is 11.5 Å². The Morgan fingerprint density at radius 2 is 1.74 bits per heavy atom. The highest BCUT2D eigenvalue weighted by molar-refractivity contribution is 7.92. The summed E-state index contributed by atoms with van der Waals surface area (Å²) in [7, 11) is -3.91. The lowest BCUT2D eigenvalue weighted by molar-refractivity contribution is 0.0955. The predicted molar refractivity (Wildman–Crippen MR) is 118 cm³/mol. The second-order valence-electron chi connectivity index (χ2n) is 6.87. The lowest BCUT2D eigenvalue weighted by Gasteiger charge is -2.12. The minimum Gasteiger partial charge on any atom is -0.504 e. The first kappa shape index (κ1) is 21.8. The highest BCUT2D eigenvalue weighted by Gasteiger charge is 2.17. The van der Waals surface area contributed by atoms with Crippen LogP contribution in [0.1, 0.15) is 27.0 Å². The molecule has 3 aromatic rings. The van der Waals surface area contributed by atoms with Gasteiger partial charge in [0.1, 0.15) is 0 Å². The number of hydrazone groups is 1. The molecule has 0 atom stereocenters. The van der Waals surface area contributed by atoms with Gasteiger partial charge in [-0.15, -0.1) is 0 Å². The molecule has 1 amide bonds. The second-order valence-corrected chi connectivity index (χ2v) is 8.55. The number of carbonyl (C=O) groups excluding carboxylic acids is 1. The predicted octanol–water partition coefficient (Wildman–Crippen LogP) is 3.28. The number of nitrogens with zero attached hydrogens (tertiary/aromatic N) is 1. The third-order valence-electron chi connectivity index (χ3n) is 4.45. The van der Waals surface area contributed by atoms with Gasteiger partial charge in [0.05, 0.1) is 16.8 Å². The molecule has 3 rings (SSSR count). The van der Waals surface area contributed by atoms with Gasteiger partial charge >= 0.3 is 0 Å². The van der Waals surface area contributed by atoms with Crippen LogP contribution in [0.2, 0.25) is 0 Å². The van der Waals surface area contributed by atoms with Crippen LogP contribution in [0.25, 0.3) is 0 Å². The zero-order chi connectivity index (χ0) is 22.6. The van der Waals surface area contributed by atoms with Gasteiger partial charge in [-0.1, -0.05) is 29.8 Å². The molecule has 0 spiro atoms. The number of rotatable bonds is 6. The zero-order valence-corrected chi connectivity index (χ0v) is 17.6. The van der Waals surface area contributed by atoms with Crippen LogP contribution in [0.3, 0.4) is 0 Å². The van der Waals surface area contributed by atoms with Crippen molar-refractivity contribution in [3.05, 3.63) is 82.9 Å². The summed E-state index contributed by atoms with van der Waals surface area (Å²) >= 11 is 0. The number of aromatic hydroxyl groups is 2. The monoisotopic (exact) mass is 439 g/mol. The van der Waals surface area contributed by atoms with Crippen molar-refractivity contribution in [2.24, 2.45) is 5.10 Å². The number of benzene rings is 3. The molecular weight excluding hydrogens is 418 g/mol. The molecular formula is C22H21N3O5S. The maximum Gasteiger partial charge on any atom is 0.271 e. The molecule has 160 valence electrons. The number of aryl methyl sites for hydroxylation is 2. The summed E-state index contributed by atoms with van der Waals surface area (Å²) in [4.78, 5) is 12.3. The van der Waals surface area contributed by atoms with Crippen molar-refractivity contribution in [1.82, 2.24) is 5.43 Å². The van der Waals surface area contributed by atoms with Crippen molar-refractivity contribution in [3.63, 3.8) is 0 Å². The quantitative estimate of drug-likeness (QED) is 0.266. The Morgan fingerprint density at radius 3 is 2.48 bits per heavy atom. The SMILES string of the molecule is Cc1ccc(NS(=O)(=O)c2cccc(C(=O)N/N=C/c3cccc(O)c3O)c2)c(C)c1. The Kier molecular flexibility index (Phi) is 6.26. The number of carbonyl (C=O) groups is 1. The molecule has 0 aliphatic carbocycles. The van der Waals surface area contributed by atoms with Crippen molar-refractivity contribution in [2.45, 2.75) is 18.7 Å². The molecule has 0 unspecified atom stereocenters. The molecule has 8 nitrogen and oxygen atoms in total. The van der Waals surface area contributed by atoms with Crippen LogP contribution in [-0.4, -0.2) is 30.8 Å². The van der Waals surface area contributed by atoms with E-state index in [0.29, 0.717) is 5.69 Å². The first-order valence-electron chi connectivity index (χ1n) is 9.22. The number of para-hydroxylation sites is 1. The molecule has 31 heavy (non-hydrogen) atoms. The zero-order valence-electron chi connectivity index (χ0n) is 16.8. The molecule has 4 N–H and O–H groups in total. The molecule has 0 radical (unpaired) electrons. The molecule has 0 saturated heterocycles. The number of phenolic OH excluding ortho intramolecular Hbond substituents is 2. The van der Waals surface area contributed by atoms with Crippen LogP contribution in [0.15, 0.2) is 70.7 Å². The first-order valence-corrected chi connectivity index (χ1v) is 10.7. The van der Waals surface area contributed by atoms with Crippen molar-refractivity contribution < 1.29 is 23.4 Å². The van der Waals surface area contributed by atoms with E-state index < -0.39 is 15.9 Å². The van der Waals surface area contributed by atoms with Crippen molar-refractivity contribution in [3.8, 4) is 11.5 Å². The summed E-state index contributed by atoms with van der Waals surface area (Å²) in [5.74, 6) is -1.32. The Hall–Kier alpha value is -3.85. The van der Waals surface area contributed by atoms with Gasteiger partial charge in [-0.25, -0.2) is 13.8 Å². The van der Waals surface area contributed by atoms with Gasteiger partial charge in [-0.05, 0) is 55.8 Å². The van der Waals surface area contributed by atoms with Crippen molar-refractivity contribution in [1.29, 1.82) is 0 Å². The normalized spacial score (nSPS) is 11.4. The van der Waals surface area contributed by atoms with E-state index in [1.54, 1.807) is 19.1 Å². The van der Waals surface area contributed by atoms with Gasteiger partial charge < -0.3 is 10.2 Å². The summed E-state index contributed by atoms with van der Waals surface area (Å²) in [5, 5.41) is 22.9. The minimum absolute atomic E-state index is 0.0743. The molecule has 9 heteroatoms. The van der Waals surface area contributed by atoms with Gasteiger partial charge in [0.25, 0.3) is 15.9 Å². The van der Waals surface area contributed by atoms with E-state index in [9.17, 15) is 23.4 Å². The largest absolute Gasteiger partial charge is 0.504 e. The molecule has 0 saturated carbocycles. The van der Waals surface area contributed by atoms with E-state index in [0.717, 1.165) is 17.3 Å². The van der Waals surface area contributed by atoms with Gasteiger partial charge in [0, 0.05) is 11.1 Å². The van der Waals surface area contributed by atoms with Crippen LogP contribution in [0.4, 0.5) is 5.69 Å². The number of phenols is 2. The van der Waals surface area contributed by atoms with Crippen LogP contribution < -0.4 is 10.1 Å². The summed E-state index contributed by atoms with van der Waals surface area (Å²) in [6, 6.07) is 15.2. The van der Waals surface area contributed by atoms with E-state index in [-0.39, 0.29) is 27.5 Å². The Bertz CT molecular complexity index is 1270. The number of nitrogens with one attached hydrogen (secondary N) is 2. The van der Waals surface area contributed by atoms with Gasteiger partial charge in [0.15, 0.2) is 11.5 Å². The minimum atomic E-state index is -3.91. The van der Waals surface area contributed by atoms with Crippen molar-refractivity contribution in [2.75, 3.05) is 4.72 Å². The number of sulfonamides is 1. The van der Waals surface area contributed by atoms with E-state index in [1.165, 1.54) is 42.5 Å². The fraction of sp³-hybridized carbons (Fsp3) is 0.0909. The maximum absolute atomic E-state index is 12.8. The smallest absolute Gasteiger partial charge is 0.271 e. The van der Waals surface area contributed by atoms with Crippen LogP contribution >= 0.6 is 0 Å². The third kappa shape index (κ3) is 5.20. The summed E-state index contributed by atoms with van der Waals surface area (Å²) < 4.78 is 28.0. The summed E-state index contributed by atoms with van der Waals surface area (Å²) in [6.07, 6.45) is 1.16. The average molecular weight is 439 g/mol. The summed E-state index contributed by atoms with van der Waals surface area (Å²) in [6.45, 7) is 3.72. The van der Waals surface area contributed by atoms with Crippen LogP contribution in [0, 0.1) is 13.8 Å². The molecule has 0 heterocycles. The number of hydrogen-bond donors (Lipinski definition) is 4. The van der Waals surface area contributed by atoms with E-state index in [4.69, 9.17) is 0 Å². The average Bonchev–Trinajstić information content (AvgIpc) is 2.73. The second kappa shape index (κ2) is 8.88. The lowest BCUT2D eigenvalue weighted by atomic mass is 10.1. The highest BCUT2D eigenvalue weighted by Crippen LogP contribution is 2.26. The summed E-state index contributed by atoms with van der Waals surface area (Å²) in [5.41, 5.74) is 4.79. The lowest BCUT2D eigenvalue weighted by Crippen LogP contribution is -2.19. The van der Waals surface area contributed by atoms with E-state index in [1.807, 2.05) is 13.0 Å². The molecule has 0 bridgehead atoms. The van der Waals surface area contributed by atoms with E-state index >= 15 is 0 Å². The number of hydrogen-bond acceptors (Lipinski definition) is 6. The molecule has 3 aromatic carbocycles. The van der Waals surface area contributed by atoms with Crippen LogP contribution in [-0.2, 0) is 10.0 Å². The van der Waals surface area contributed by atoms with Crippen molar-refractivity contribution >= 4 is 27.8 Å². The number of anilines is 1. The molecule has 0 aliphatic rings. The Balaban J connectivity index is 1.76. The highest BCUT2D eigenvalue weighted by atomic mass is 32.2. The Labute approximate surface area is 179 Å². The fourth-order valence-corrected chi connectivity index (χ4v) is 3.99.